The first-order valence-electron chi connectivity index (χ1n) is 3.23. The molecule has 2 atom stereocenters. The zero-order valence-electron chi connectivity index (χ0n) is 5.00. The molecule has 3 heteroatoms. The van der Waals surface area contributed by atoms with E-state index in [4.69, 9.17) is 12.2 Å². The van der Waals surface area contributed by atoms with Gasteiger partial charge in [-0.1, -0.05) is 18.6 Å². The molecule has 0 radical (unpaired) electrons. The summed E-state index contributed by atoms with van der Waals surface area (Å²) in [6.07, 6.45) is 4.24. The average Bonchev–Trinajstić information content (AvgIpc) is 2.22. The normalized spacial score (nSPS) is 41.6. The standard InChI is InChI=1S/C6H8S3/c7-6-8-4-2-1-3-5(4)9-6/h4-5H,1-3H2. The maximum atomic E-state index is 5.10. The number of hydrogen-bond donors (Lipinski definition) is 0. The molecule has 0 bridgehead atoms. The monoisotopic (exact) mass is 176 g/mol. The van der Waals surface area contributed by atoms with E-state index in [-0.39, 0.29) is 0 Å². The maximum absolute atomic E-state index is 5.10. The summed E-state index contributed by atoms with van der Waals surface area (Å²) >= 11 is 8.96. The van der Waals surface area contributed by atoms with Crippen LogP contribution in [0.2, 0.25) is 0 Å². The average molecular weight is 176 g/mol. The lowest BCUT2D eigenvalue weighted by Crippen LogP contribution is -2.04. The third-order valence-corrected chi connectivity index (χ3v) is 5.33. The first kappa shape index (κ1) is 6.50. The summed E-state index contributed by atoms with van der Waals surface area (Å²) in [5.74, 6) is 0. The van der Waals surface area contributed by atoms with Crippen molar-refractivity contribution in [1.29, 1.82) is 0 Å². The molecule has 9 heavy (non-hydrogen) atoms. The highest BCUT2D eigenvalue weighted by atomic mass is 32.2. The molecule has 50 valence electrons. The van der Waals surface area contributed by atoms with Crippen LogP contribution in [0.4, 0.5) is 0 Å². The Balaban J connectivity index is 2.09. The van der Waals surface area contributed by atoms with Crippen molar-refractivity contribution in [3.05, 3.63) is 0 Å². The van der Waals surface area contributed by atoms with Crippen LogP contribution < -0.4 is 0 Å². The van der Waals surface area contributed by atoms with Crippen LogP contribution in [0.5, 0.6) is 0 Å². The molecule has 0 aromatic heterocycles. The van der Waals surface area contributed by atoms with Crippen molar-refractivity contribution in [3.63, 3.8) is 0 Å². The molecule has 2 unspecified atom stereocenters. The van der Waals surface area contributed by atoms with Crippen LogP contribution in [-0.2, 0) is 0 Å². The van der Waals surface area contributed by atoms with Gasteiger partial charge in [0.25, 0.3) is 0 Å². The molecule has 1 aliphatic carbocycles. The lowest BCUT2D eigenvalue weighted by Gasteiger charge is -2.01. The Bertz CT molecular complexity index is 129. The molecule has 0 spiro atoms. The number of hydrogen-bond acceptors (Lipinski definition) is 3. The van der Waals surface area contributed by atoms with Gasteiger partial charge in [0.05, 0.1) is 0 Å². The zero-order valence-corrected chi connectivity index (χ0v) is 7.45. The van der Waals surface area contributed by atoms with Crippen LogP contribution in [0.3, 0.4) is 0 Å². The van der Waals surface area contributed by atoms with Crippen LogP contribution in [-0.4, -0.2) is 14.0 Å². The van der Waals surface area contributed by atoms with E-state index < -0.39 is 0 Å². The molecule has 0 aromatic carbocycles. The Hall–Kier alpha value is 0.790. The summed E-state index contributed by atoms with van der Waals surface area (Å²) in [4.78, 5) is 0. The Morgan fingerprint density at radius 3 is 2.33 bits per heavy atom. The highest BCUT2D eigenvalue weighted by Crippen LogP contribution is 2.47. The second-order valence-electron chi connectivity index (χ2n) is 2.49. The van der Waals surface area contributed by atoms with Crippen molar-refractivity contribution in [2.24, 2.45) is 0 Å². The van der Waals surface area contributed by atoms with Crippen molar-refractivity contribution in [1.82, 2.24) is 0 Å². The van der Waals surface area contributed by atoms with Gasteiger partial charge in [-0.05, 0) is 12.8 Å². The minimum atomic E-state index is 0.891. The van der Waals surface area contributed by atoms with Gasteiger partial charge in [0.15, 0.2) is 0 Å². The molecule has 0 amide bonds. The summed E-state index contributed by atoms with van der Waals surface area (Å²) in [6, 6.07) is 0. The molecular weight excluding hydrogens is 168 g/mol. The van der Waals surface area contributed by atoms with Gasteiger partial charge in [0, 0.05) is 10.5 Å². The molecule has 1 saturated heterocycles. The molecule has 2 rings (SSSR count). The number of rotatable bonds is 0. The van der Waals surface area contributed by atoms with Gasteiger partial charge in [-0.25, -0.2) is 0 Å². The molecule has 0 aromatic rings. The topological polar surface area (TPSA) is 0 Å². The molecule has 0 N–H and O–H groups in total. The Kier molecular flexibility index (Phi) is 1.76. The van der Waals surface area contributed by atoms with Crippen LogP contribution in [0.15, 0.2) is 0 Å². The highest BCUT2D eigenvalue weighted by Gasteiger charge is 2.35. The van der Waals surface area contributed by atoms with Crippen molar-refractivity contribution in [2.75, 3.05) is 0 Å². The summed E-state index contributed by atoms with van der Waals surface area (Å²) in [6.45, 7) is 0. The van der Waals surface area contributed by atoms with E-state index in [9.17, 15) is 0 Å². The van der Waals surface area contributed by atoms with Crippen LogP contribution in [0.25, 0.3) is 0 Å². The first-order chi connectivity index (χ1) is 4.36. The minimum Gasteiger partial charge on any atom is -0.103 e. The Morgan fingerprint density at radius 2 is 1.78 bits per heavy atom. The largest absolute Gasteiger partial charge is 0.104 e. The smallest absolute Gasteiger partial charge is 0.103 e. The van der Waals surface area contributed by atoms with E-state index >= 15 is 0 Å². The van der Waals surface area contributed by atoms with E-state index in [0.717, 1.165) is 10.5 Å². The van der Waals surface area contributed by atoms with Gasteiger partial charge >= 0.3 is 0 Å². The molecule has 1 saturated carbocycles. The van der Waals surface area contributed by atoms with Crippen LogP contribution >= 0.6 is 35.7 Å². The van der Waals surface area contributed by atoms with E-state index in [2.05, 4.69) is 0 Å². The highest BCUT2D eigenvalue weighted by molar-refractivity contribution is 8.49. The molecule has 1 aliphatic heterocycles. The lowest BCUT2D eigenvalue weighted by atomic mass is 10.4. The fourth-order valence-electron chi connectivity index (χ4n) is 1.44. The number of thioether (sulfide) groups is 2. The molecule has 1 heterocycles. The summed E-state index contributed by atoms with van der Waals surface area (Å²) < 4.78 is 1.18. The van der Waals surface area contributed by atoms with Gasteiger partial charge in [0.1, 0.15) is 3.53 Å². The SMILES string of the molecule is S=C1SC2CCCC2S1. The Morgan fingerprint density at radius 1 is 1.22 bits per heavy atom. The zero-order chi connectivity index (χ0) is 6.27. The van der Waals surface area contributed by atoms with Crippen LogP contribution in [0, 0.1) is 0 Å². The molecular formula is C6H8S3. The summed E-state index contributed by atoms with van der Waals surface area (Å²) in [7, 11) is 0. The van der Waals surface area contributed by atoms with Gasteiger partial charge in [-0.3, -0.25) is 0 Å². The van der Waals surface area contributed by atoms with Gasteiger partial charge in [-0.15, -0.1) is 23.5 Å². The van der Waals surface area contributed by atoms with E-state index in [1.807, 2.05) is 23.5 Å². The third kappa shape index (κ3) is 1.15. The number of thiocarbonyl (C=S) groups is 1. The summed E-state index contributed by atoms with van der Waals surface area (Å²) in [5, 5.41) is 1.78. The second kappa shape index (κ2) is 2.44. The quantitative estimate of drug-likeness (QED) is 0.521. The third-order valence-electron chi connectivity index (χ3n) is 1.89. The predicted octanol–water partition coefficient (Wildman–Crippen LogP) is 2.67. The fourth-order valence-corrected chi connectivity index (χ4v) is 5.11. The Labute approximate surface area is 69.2 Å². The predicted molar refractivity (Wildman–Crippen MR) is 49.2 cm³/mol. The van der Waals surface area contributed by atoms with E-state index in [1.54, 1.807) is 0 Å². The van der Waals surface area contributed by atoms with E-state index in [0.29, 0.717) is 0 Å². The van der Waals surface area contributed by atoms with Gasteiger partial charge in [0.2, 0.25) is 0 Å². The second-order valence-corrected chi connectivity index (χ2v) is 6.18. The van der Waals surface area contributed by atoms with Crippen molar-refractivity contribution < 1.29 is 0 Å². The molecule has 0 nitrogen and oxygen atoms in total. The summed E-state index contributed by atoms with van der Waals surface area (Å²) in [5.41, 5.74) is 0. The van der Waals surface area contributed by atoms with Crippen molar-refractivity contribution in [2.45, 2.75) is 29.8 Å². The lowest BCUT2D eigenvalue weighted by molar-refractivity contribution is 0.891. The maximum Gasteiger partial charge on any atom is 0.104 e. The van der Waals surface area contributed by atoms with Crippen molar-refractivity contribution >= 4 is 39.3 Å². The first-order valence-corrected chi connectivity index (χ1v) is 5.40. The van der Waals surface area contributed by atoms with Crippen LogP contribution in [0.1, 0.15) is 19.3 Å². The minimum absolute atomic E-state index is 0.891. The fraction of sp³-hybridized carbons (Fsp3) is 0.833. The van der Waals surface area contributed by atoms with Gasteiger partial charge < -0.3 is 0 Å². The number of fused-ring (bicyclic) bond motifs is 1. The van der Waals surface area contributed by atoms with E-state index in [1.165, 1.54) is 22.8 Å². The molecule has 2 fully saturated rings. The van der Waals surface area contributed by atoms with Gasteiger partial charge in [-0.2, -0.15) is 0 Å². The molecule has 2 aliphatic rings. The van der Waals surface area contributed by atoms with Crippen molar-refractivity contribution in [3.8, 4) is 0 Å².